The van der Waals surface area contributed by atoms with Crippen LogP contribution in [0.25, 0.3) is 0 Å². The molecule has 1 aromatic carbocycles. The van der Waals surface area contributed by atoms with Gasteiger partial charge in [0.25, 0.3) is 0 Å². The molecule has 0 aliphatic rings. The summed E-state index contributed by atoms with van der Waals surface area (Å²) in [5, 5.41) is 2.70. The maximum Gasteiger partial charge on any atom is 0.320 e. The number of nitrogens with one attached hydrogen (secondary N) is 1. The van der Waals surface area contributed by atoms with Crippen LogP contribution in [0.3, 0.4) is 0 Å². The second kappa shape index (κ2) is 9.53. The molecule has 0 aromatic heterocycles. The molecule has 0 radical (unpaired) electrons. The lowest BCUT2D eigenvalue weighted by atomic mass is 10.2. The van der Waals surface area contributed by atoms with Gasteiger partial charge in [0.15, 0.2) is 9.84 Å². The maximum atomic E-state index is 12.2. The highest BCUT2D eigenvalue weighted by Crippen LogP contribution is 2.14. The Labute approximate surface area is 149 Å². The Bertz CT molecular complexity index is 683. The van der Waals surface area contributed by atoms with Crippen molar-refractivity contribution in [1.29, 1.82) is 0 Å². The minimum atomic E-state index is -3.27. The molecule has 140 valence electrons. The van der Waals surface area contributed by atoms with E-state index in [4.69, 9.17) is 4.74 Å². The molecule has 0 aliphatic carbocycles. The van der Waals surface area contributed by atoms with E-state index in [1.165, 1.54) is 24.3 Å². The van der Waals surface area contributed by atoms with Crippen molar-refractivity contribution in [2.24, 2.45) is 5.92 Å². The molecule has 8 heteroatoms. The van der Waals surface area contributed by atoms with Crippen molar-refractivity contribution in [3.05, 3.63) is 24.3 Å². The van der Waals surface area contributed by atoms with Gasteiger partial charge in [-0.05, 0) is 37.1 Å². The zero-order valence-electron chi connectivity index (χ0n) is 15.1. The van der Waals surface area contributed by atoms with Crippen LogP contribution in [0.4, 0.5) is 5.69 Å². The summed E-state index contributed by atoms with van der Waals surface area (Å²) in [5.74, 6) is -0.359. The summed E-state index contributed by atoms with van der Waals surface area (Å²) in [6.07, 6.45) is 1.12. The van der Waals surface area contributed by atoms with E-state index in [-0.39, 0.29) is 35.8 Å². The maximum absolute atomic E-state index is 12.2. The van der Waals surface area contributed by atoms with Gasteiger partial charge in [-0.1, -0.05) is 13.8 Å². The fraction of sp³-hybridized carbons (Fsp3) is 0.529. The molecule has 0 heterocycles. The molecule has 0 saturated carbocycles. The number of hydrogen-bond donors (Lipinski definition) is 1. The Morgan fingerprint density at radius 1 is 1.16 bits per heavy atom. The van der Waals surface area contributed by atoms with Crippen LogP contribution in [0.2, 0.25) is 0 Å². The summed E-state index contributed by atoms with van der Waals surface area (Å²) in [4.78, 5) is 25.8. The molecule has 0 saturated heterocycles. The lowest BCUT2D eigenvalue weighted by Gasteiger charge is -2.22. The molecule has 7 nitrogen and oxygen atoms in total. The molecule has 1 aromatic rings. The first-order chi connectivity index (χ1) is 11.6. The summed E-state index contributed by atoms with van der Waals surface area (Å²) in [7, 11) is -3.27. The minimum Gasteiger partial charge on any atom is -0.465 e. The third-order valence-electron chi connectivity index (χ3n) is 3.21. The molecular weight excluding hydrogens is 344 g/mol. The van der Waals surface area contributed by atoms with E-state index >= 15 is 0 Å². The molecular formula is C17H26N2O5S. The molecule has 1 rings (SSSR count). The summed E-state index contributed by atoms with van der Waals surface area (Å²) in [5.41, 5.74) is 0.498. The fourth-order valence-electron chi connectivity index (χ4n) is 2.28. The van der Waals surface area contributed by atoms with Crippen LogP contribution in [-0.2, 0) is 24.2 Å². The Morgan fingerprint density at radius 2 is 1.76 bits per heavy atom. The molecule has 0 fully saturated rings. The van der Waals surface area contributed by atoms with Gasteiger partial charge < -0.3 is 10.1 Å². The summed E-state index contributed by atoms with van der Waals surface area (Å²) in [6, 6.07) is 5.95. The van der Waals surface area contributed by atoms with E-state index in [2.05, 4.69) is 5.32 Å². The van der Waals surface area contributed by atoms with E-state index in [0.29, 0.717) is 18.8 Å². The largest absolute Gasteiger partial charge is 0.465 e. The van der Waals surface area contributed by atoms with Gasteiger partial charge in [-0.25, -0.2) is 8.42 Å². The SMILES string of the molecule is CCOC(=O)CN(CC(=O)Nc1ccc(S(C)(=O)=O)cc1)CC(C)C. The van der Waals surface area contributed by atoms with E-state index in [0.717, 1.165) is 6.26 Å². The average Bonchev–Trinajstić information content (AvgIpc) is 2.46. The summed E-state index contributed by atoms with van der Waals surface area (Å²) >= 11 is 0. The lowest BCUT2D eigenvalue weighted by molar-refractivity contribution is -0.144. The predicted molar refractivity (Wildman–Crippen MR) is 96.1 cm³/mol. The highest BCUT2D eigenvalue weighted by atomic mass is 32.2. The zero-order chi connectivity index (χ0) is 19.0. The number of hydrogen-bond acceptors (Lipinski definition) is 6. The van der Waals surface area contributed by atoms with E-state index in [1.54, 1.807) is 11.8 Å². The van der Waals surface area contributed by atoms with Crippen molar-refractivity contribution in [2.45, 2.75) is 25.7 Å². The van der Waals surface area contributed by atoms with Crippen LogP contribution in [0, 0.1) is 5.92 Å². The van der Waals surface area contributed by atoms with Crippen molar-refractivity contribution in [3.8, 4) is 0 Å². The van der Waals surface area contributed by atoms with Crippen molar-refractivity contribution in [1.82, 2.24) is 4.90 Å². The van der Waals surface area contributed by atoms with Gasteiger partial charge >= 0.3 is 5.97 Å². The molecule has 0 atom stereocenters. The van der Waals surface area contributed by atoms with Crippen LogP contribution in [-0.4, -0.2) is 57.7 Å². The van der Waals surface area contributed by atoms with Gasteiger partial charge in [-0.3, -0.25) is 14.5 Å². The minimum absolute atomic E-state index is 0.0465. The fourth-order valence-corrected chi connectivity index (χ4v) is 2.91. The smallest absolute Gasteiger partial charge is 0.320 e. The van der Waals surface area contributed by atoms with Gasteiger partial charge in [0.1, 0.15) is 0 Å². The Morgan fingerprint density at radius 3 is 2.24 bits per heavy atom. The first kappa shape index (κ1) is 21.1. The number of benzene rings is 1. The number of sulfone groups is 1. The number of amides is 1. The summed E-state index contributed by atoms with van der Waals surface area (Å²) in [6.45, 7) is 6.71. The normalized spacial score (nSPS) is 11.6. The Balaban J connectivity index is 2.68. The molecule has 0 spiro atoms. The number of ether oxygens (including phenoxy) is 1. The van der Waals surface area contributed by atoms with Crippen LogP contribution in [0.15, 0.2) is 29.2 Å². The Hall–Kier alpha value is -1.93. The number of carbonyl (C=O) groups is 2. The third kappa shape index (κ3) is 8.13. The van der Waals surface area contributed by atoms with Crippen molar-refractivity contribution in [2.75, 3.05) is 37.8 Å². The third-order valence-corrected chi connectivity index (χ3v) is 4.34. The van der Waals surface area contributed by atoms with Crippen molar-refractivity contribution < 1.29 is 22.7 Å². The van der Waals surface area contributed by atoms with E-state index in [9.17, 15) is 18.0 Å². The van der Waals surface area contributed by atoms with Gasteiger partial charge in [0.2, 0.25) is 5.91 Å². The standard InChI is InChI=1S/C17H26N2O5S/c1-5-24-17(21)12-19(10-13(2)3)11-16(20)18-14-6-8-15(9-7-14)25(4,22)23/h6-9,13H,5,10-12H2,1-4H3,(H,18,20). The van der Waals surface area contributed by atoms with Crippen LogP contribution in [0.1, 0.15) is 20.8 Å². The van der Waals surface area contributed by atoms with Gasteiger partial charge in [0.05, 0.1) is 24.6 Å². The van der Waals surface area contributed by atoms with E-state index < -0.39 is 9.84 Å². The number of rotatable bonds is 9. The molecule has 1 amide bonds. The predicted octanol–water partition coefficient (Wildman–Crippen LogP) is 1.55. The Kier molecular flexibility index (Phi) is 8.05. The van der Waals surface area contributed by atoms with Gasteiger partial charge in [-0.15, -0.1) is 0 Å². The lowest BCUT2D eigenvalue weighted by Crippen LogP contribution is -2.39. The first-order valence-electron chi connectivity index (χ1n) is 8.09. The second-order valence-electron chi connectivity index (χ2n) is 6.21. The molecule has 25 heavy (non-hydrogen) atoms. The number of anilines is 1. The number of carbonyl (C=O) groups excluding carboxylic acids is 2. The quantitative estimate of drug-likeness (QED) is 0.663. The highest BCUT2D eigenvalue weighted by Gasteiger charge is 2.17. The van der Waals surface area contributed by atoms with Gasteiger partial charge in [-0.2, -0.15) is 0 Å². The number of nitrogens with zero attached hydrogens (tertiary/aromatic N) is 1. The molecule has 0 aliphatic heterocycles. The van der Waals surface area contributed by atoms with Gasteiger partial charge in [0, 0.05) is 18.5 Å². The van der Waals surface area contributed by atoms with Crippen molar-refractivity contribution in [3.63, 3.8) is 0 Å². The monoisotopic (exact) mass is 370 g/mol. The number of esters is 1. The molecule has 1 N–H and O–H groups in total. The highest BCUT2D eigenvalue weighted by molar-refractivity contribution is 7.90. The topological polar surface area (TPSA) is 92.8 Å². The zero-order valence-corrected chi connectivity index (χ0v) is 15.9. The average molecular weight is 370 g/mol. The van der Waals surface area contributed by atoms with Crippen molar-refractivity contribution >= 4 is 27.4 Å². The van der Waals surface area contributed by atoms with E-state index in [1.807, 2.05) is 13.8 Å². The second-order valence-corrected chi connectivity index (χ2v) is 8.23. The van der Waals surface area contributed by atoms with Crippen LogP contribution in [0.5, 0.6) is 0 Å². The first-order valence-corrected chi connectivity index (χ1v) is 9.99. The molecule has 0 bridgehead atoms. The molecule has 0 unspecified atom stereocenters. The van der Waals surface area contributed by atoms with Crippen LogP contribution < -0.4 is 5.32 Å². The van der Waals surface area contributed by atoms with Crippen LogP contribution >= 0.6 is 0 Å². The summed E-state index contributed by atoms with van der Waals surface area (Å²) < 4.78 is 27.8.